The third-order valence-electron chi connectivity index (χ3n) is 3.02. The molecule has 0 saturated carbocycles. The fourth-order valence-corrected chi connectivity index (χ4v) is 2.54. The van der Waals surface area contributed by atoms with E-state index in [0.717, 1.165) is 10.0 Å². The second kappa shape index (κ2) is 5.98. The van der Waals surface area contributed by atoms with Crippen LogP contribution in [0.5, 0.6) is 0 Å². The van der Waals surface area contributed by atoms with E-state index in [1.54, 1.807) is 4.90 Å². The van der Waals surface area contributed by atoms with Gasteiger partial charge in [-0.05, 0) is 35.0 Å². The molecule has 1 aromatic carbocycles. The zero-order valence-electron chi connectivity index (χ0n) is 10.6. The Bertz CT molecular complexity index is 521. The maximum absolute atomic E-state index is 12.5. The summed E-state index contributed by atoms with van der Waals surface area (Å²) in [4.78, 5) is 14.5. The van der Waals surface area contributed by atoms with Crippen LogP contribution in [0.3, 0.4) is 0 Å². The fourth-order valence-electron chi connectivity index (χ4n) is 1.98. The molecule has 0 aliphatic carbocycles. The van der Waals surface area contributed by atoms with Crippen LogP contribution in [0.4, 0.5) is 0 Å². The van der Waals surface area contributed by atoms with Gasteiger partial charge in [-0.2, -0.15) is 0 Å². The predicted octanol–water partition coefficient (Wildman–Crippen LogP) is 1.88. The smallest absolute Gasteiger partial charge is 0.255 e. The fraction of sp³-hybridized carbons (Fsp3) is 0.385. The Morgan fingerprint density at radius 3 is 3.00 bits per heavy atom. The standard InChI is InChI=1S/C13H15BrN2O2S/c1-8-2-3-10(14)9(6-8)13(17)16-4-5-18-11(7-16)12(15)19/h2-3,6,11H,4-5,7H2,1H3,(H2,15,19). The highest BCUT2D eigenvalue weighted by atomic mass is 79.9. The van der Waals surface area contributed by atoms with E-state index in [0.29, 0.717) is 30.2 Å². The number of carbonyl (C=O) groups is 1. The number of ether oxygens (including phenoxy) is 1. The number of hydrogen-bond acceptors (Lipinski definition) is 3. The largest absolute Gasteiger partial charge is 0.391 e. The minimum absolute atomic E-state index is 0.0277. The van der Waals surface area contributed by atoms with Gasteiger partial charge >= 0.3 is 0 Å². The van der Waals surface area contributed by atoms with Gasteiger partial charge in [0.1, 0.15) is 11.1 Å². The van der Waals surface area contributed by atoms with E-state index in [-0.39, 0.29) is 12.0 Å². The molecule has 1 heterocycles. The van der Waals surface area contributed by atoms with E-state index in [4.69, 9.17) is 22.7 Å². The zero-order valence-corrected chi connectivity index (χ0v) is 13.0. The summed E-state index contributed by atoms with van der Waals surface area (Å²) in [7, 11) is 0. The number of thiocarbonyl (C=S) groups is 1. The molecule has 1 aromatic rings. The predicted molar refractivity (Wildman–Crippen MR) is 81.3 cm³/mol. The Labute approximate surface area is 126 Å². The van der Waals surface area contributed by atoms with E-state index in [9.17, 15) is 4.79 Å². The molecule has 1 unspecified atom stereocenters. The summed E-state index contributed by atoms with van der Waals surface area (Å²) in [6, 6.07) is 5.71. The van der Waals surface area contributed by atoms with Gasteiger partial charge in [0.15, 0.2) is 0 Å². The monoisotopic (exact) mass is 342 g/mol. The molecule has 1 fully saturated rings. The summed E-state index contributed by atoms with van der Waals surface area (Å²) in [6.07, 6.45) is -0.351. The Balaban J connectivity index is 2.19. The van der Waals surface area contributed by atoms with Gasteiger partial charge in [-0.15, -0.1) is 0 Å². The van der Waals surface area contributed by atoms with Crippen molar-refractivity contribution in [3.63, 3.8) is 0 Å². The van der Waals surface area contributed by atoms with Gasteiger partial charge in [0.2, 0.25) is 0 Å². The van der Waals surface area contributed by atoms with Crippen LogP contribution in [-0.2, 0) is 4.74 Å². The summed E-state index contributed by atoms with van der Waals surface area (Å²) in [5, 5.41) is 0. The van der Waals surface area contributed by atoms with Crippen molar-refractivity contribution in [3.8, 4) is 0 Å². The molecule has 0 spiro atoms. The molecule has 1 saturated heterocycles. The average molecular weight is 343 g/mol. The summed E-state index contributed by atoms with van der Waals surface area (Å²) >= 11 is 8.34. The van der Waals surface area contributed by atoms with Gasteiger partial charge in [0.25, 0.3) is 5.91 Å². The summed E-state index contributed by atoms with van der Waals surface area (Å²) in [5.41, 5.74) is 7.28. The van der Waals surface area contributed by atoms with Crippen molar-refractivity contribution >= 4 is 39.0 Å². The molecule has 1 aliphatic heterocycles. The lowest BCUT2D eigenvalue weighted by molar-refractivity contribution is 0.00874. The first-order valence-electron chi connectivity index (χ1n) is 5.95. The van der Waals surface area contributed by atoms with Crippen LogP contribution in [-0.4, -0.2) is 41.6 Å². The van der Waals surface area contributed by atoms with Crippen molar-refractivity contribution in [3.05, 3.63) is 33.8 Å². The lowest BCUT2D eigenvalue weighted by Crippen LogP contribution is -2.50. The van der Waals surface area contributed by atoms with Crippen molar-refractivity contribution in [2.45, 2.75) is 13.0 Å². The second-order valence-electron chi connectivity index (χ2n) is 4.50. The third-order valence-corrected chi connectivity index (χ3v) is 3.98. The topological polar surface area (TPSA) is 55.6 Å². The van der Waals surface area contributed by atoms with E-state index < -0.39 is 0 Å². The van der Waals surface area contributed by atoms with Crippen molar-refractivity contribution in [2.24, 2.45) is 5.73 Å². The lowest BCUT2D eigenvalue weighted by Gasteiger charge is -2.32. The molecule has 1 amide bonds. The Hall–Kier alpha value is -0.980. The Morgan fingerprint density at radius 2 is 2.32 bits per heavy atom. The lowest BCUT2D eigenvalue weighted by atomic mass is 10.1. The first-order valence-corrected chi connectivity index (χ1v) is 7.15. The van der Waals surface area contributed by atoms with Gasteiger partial charge in [-0.3, -0.25) is 4.79 Å². The molecule has 1 atom stereocenters. The van der Waals surface area contributed by atoms with Crippen LogP contribution in [0.2, 0.25) is 0 Å². The maximum atomic E-state index is 12.5. The molecule has 102 valence electrons. The number of carbonyl (C=O) groups excluding carboxylic acids is 1. The van der Waals surface area contributed by atoms with E-state index in [2.05, 4.69) is 15.9 Å². The van der Waals surface area contributed by atoms with Crippen molar-refractivity contribution in [1.82, 2.24) is 4.90 Å². The Morgan fingerprint density at radius 1 is 1.58 bits per heavy atom. The number of benzene rings is 1. The number of nitrogens with two attached hydrogens (primary N) is 1. The van der Waals surface area contributed by atoms with Gasteiger partial charge < -0.3 is 15.4 Å². The molecule has 0 bridgehead atoms. The number of amides is 1. The highest BCUT2D eigenvalue weighted by molar-refractivity contribution is 9.10. The molecule has 6 heteroatoms. The molecular weight excluding hydrogens is 328 g/mol. The first kappa shape index (κ1) is 14.4. The van der Waals surface area contributed by atoms with E-state index in [1.165, 1.54) is 0 Å². The normalized spacial score (nSPS) is 19.3. The third kappa shape index (κ3) is 3.32. The molecule has 0 aromatic heterocycles. The molecule has 2 rings (SSSR count). The summed E-state index contributed by atoms with van der Waals surface area (Å²) in [6.45, 7) is 3.38. The van der Waals surface area contributed by atoms with Crippen LogP contribution in [0.1, 0.15) is 15.9 Å². The second-order valence-corrected chi connectivity index (χ2v) is 5.82. The minimum Gasteiger partial charge on any atom is -0.391 e. The quantitative estimate of drug-likeness (QED) is 0.834. The van der Waals surface area contributed by atoms with Crippen LogP contribution in [0, 0.1) is 6.92 Å². The Kier molecular flexibility index (Phi) is 4.54. The van der Waals surface area contributed by atoms with E-state index >= 15 is 0 Å². The minimum atomic E-state index is -0.351. The van der Waals surface area contributed by atoms with E-state index in [1.807, 2.05) is 25.1 Å². The molecule has 2 N–H and O–H groups in total. The van der Waals surface area contributed by atoms with Gasteiger partial charge in [0.05, 0.1) is 18.7 Å². The molecular formula is C13H15BrN2O2S. The summed E-state index contributed by atoms with van der Waals surface area (Å²) in [5.74, 6) is -0.0277. The average Bonchev–Trinajstić information content (AvgIpc) is 2.41. The van der Waals surface area contributed by atoms with Crippen LogP contribution < -0.4 is 5.73 Å². The first-order chi connectivity index (χ1) is 8.99. The highest BCUT2D eigenvalue weighted by Crippen LogP contribution is 2.21. The molecule has 4 nitrogen and oxygen atoms in total. The van der Waals surface area contributed by atoms with Crippen LogP contribution >= 0.6 is 28.1 Å². The van der Waals surface area contributed by atoms with Gasteiger partial charge in [0, 0.05) is 11.0 Å². The number of halogens is 1. The van der Waals surface area contributed by atoms with Crippen molar-refractivity contribution in [1.29, 1.82) is 0 Å². The highest BCUT2D eigenvalue weighted by Gasteiger charge is 2.27. The van der Waals surface area contributed by atoms with Crippen LogP contribution in [0.25, 0.3) is 0 Å². The molecule has 0 radical (unpaired) electrons. The number of morpholine rings is 1. The van der Waals surface area contributed by atoms with Gasteiger partial charge in [-0.25, -0.2) is 0 Å². The summed E-state index contributed by atoms with van der Waals surface area (Å²) < 4.78 is 6.23. The molecule has 1 aliphatic rings. The number of nitrogens with zero attached hydrogens (tertiary/aromatic N) is 1. The van der Waals surface area contributed by atoms with Crippen LogP contribution in [0.15, 0.2) is 22.7 Å². The van der Waals surface area contributed by atoms with Gasteiger partial charge in [-0.1, -0.05) is 23.8 Å². The zero-order chi connectivity index (χ0) is 14.0. The SMILES string of the molecule is Cc1ccc(Br)c(C(=O)N2CCOC(C(N)=S)C2)c1. The number of rotatable bonds is 2. The number of hydrogen-bond donors (Lipinski definition) is 1. The van der Waals surface area contributed by atoms with Crippen molar-refractivity contribution < 1.29 is 9.53 Å². The number of aryl methyl sites for hydroxylation is 1. The molecule has 19 heavy (non-hydrogen) atoms. The maximum Gasteiger partial charge on any atom is 0.255 e. The van der Waals surface area contributed by atoms with Crippen molar-refractivity contribution in [2.75, 3.05) is 19.7 Å².